The molecule has 0 amide bonds. The fourth-order valence-corrected chi connectivity index (χ4v) is 17.1. The van der Waals surface area contributed by atoms with Gasteiger partial charge in [-0.05, 0) is 0 Å². The number of rotatable bonds is 6. The Morgan fingerprint density at radius 1 is 0.222 bits per heavy atom. The van der Waals surface area contributed by atoms with Crippen molar-refractivity contribution in [2.75, 3.05) is 0 Å². The zero-order valence-electron chi connectivity index (χ0n) is 15.3. The molecule has 0 nitrogen and oxygen atoms in total. The van der Waals surface area contributed by atoms with Gasteiger partial charge in [0.2, 0.25) is 0 Å². The molecule has 0 atom stereocenters. The van der Waals surface area contributed by atoms with Gasteiger partial charge in [0.25, 0.3) is 0 Å². The summed E-state index contributed by atoms with van der Waals surface area (Å²) in [5.41, 5.74) is 0. The van der Waals surface area contributed by atoms with E-state index in [1.54, 1.807) is 0 Å². The monoisotopic (exact) mass is 965 g/mol. The summed E-state index contributed by atoms with van der Waals surface area (Å²) in [4.78, 5) is 0. The van der Waals surface area contributed by atoms with Crippen LogP contribution in [0.3, 0.4) is 0 Å². The first kappa shape index (κ1) is 35.1. The van der Waals surface area contributed by atoms with Crippen LogP contribution in [0.25, 0.3) is 0 Å². The Hall–Kier alpha value is 1.08. The summed E-state index contributed by atoms with van der Waals surface area (Å²) in [5.74, 6) is 0. The van der Waals surface area contributed by atoms with E-state index in [0.29, 0.717) is 0 Å². The van der Waals surface area contributed by atoms with Crippen molar-refractivity contribution in [3.63, 3.8) is 0 Å². The van der Waals surface area contributed by atoms with Crippen molar-refractivity contribution in [2.45, 2.75) is 30.4 Å². The Labute approximate surface area is 224 Å². The SMILES string of the molecule is FC(F)(F)[Se]c1c([Se]C(F)(F)F)c([Se]C(F)(F)F)c([Se]C(F)(F)F)c([Se]C(F)(F)F)c1[Se]C(F)(F)F. The fourth-order valence-electron chi connectivity index (χ4n) is 1.87. The van der Waals surface area contributed by atoms with Crippen LogP contribution in [0, 0.1) is 0 Å². The first-order valence-corrected chi connectivity index (χ1v) is 17.6. The van der Waals surface area contributed by atoms with E-state index in [2.05, 4.69) is 0 Å². The molecule has 0 aromatic heterocycles. The molecule has 0 saturated carbocycles. The van der Waals surface area contributed by atoms with Crippen molar-refractivity contribution in [1.29, 1.82) is 0 Å². The van der Waals surface area contributed by atoms with Crippen molar-refractivity contribution in [3.05, 3.63) is 0 Å². The summed E-state index contributed by atoms with van der Waals surface area (Å²) in [6.07, 6.45) is 0. The Balaban J connectivity index is 4.45. The van der Waals surface area contributed by atoms with E-state index in [1.165, 1.54) is 0 Å². The van der Waals surface area contributed by atoms with E-state index >= 15 is 0 Å². The van der Waals surface area contributed by atoms with Gasteiger partial charge in [0, 0.05) is 0 Å². The molecule has 1 aromatic carbocycles. The number of hydrogen-bond acceptors (Lipinski definition) is 0. The van der Waals surface area contributed by atoms with Gasteiger partial charge in [-0.3, -0.25) is 0 Å². The Kier molecular flexibility index (Phi) is 11.6. The molecule has 0 unspecified atom stereocenters. The summed E-state index contributed by atoms with van der Waals surface area (Å²) < 4.78 is 224. The van der Waals surface area contributed by atoms with Crippen LogP contribution >= 0.6 is 0 Å². The summed E-state index contributed by atoms with van der Waals surface area (Å²) in [7, 11) is 0. The zero-order valence-corrected chi connectivity index (χ0v) is 25.5. The summed E-state index contributed by atoms with van der Waals surface area (Å²) >= 11 is -21.2. The molecule has 0 heterocycles. The first-order valence-electron chi connectivity index (χ1n) is 7.35. The van der Waals surface area contributed by atoms with Crippen LogP contribution in [0.1, 0.15) is 0 Å². The van der Waals surface area contributed by atoms with E-state index in [4.69, 9.17) is 0 Å². The van der Waals surface area contributed by atoms with Crippen LogP contribution in [-0.4, -0.2) is 120 Å². The van der Waals surface area contributed by atoms with Crippen molar-refractivity contribution in [2.24, 2.45) is 0 Å². The number of alkyl halides is 18. The minimum absolute atomic E-state index is 2.08. The van der Waals surface area contributed by atoms with Crippen LogP contribution in [0.4, 0.5) is 79.0 Å². The molecule has 0 aliphatic heterocycles. The normalized spacial score (nSPS) is 14.5. The van der Waals surface area contributed by atoms with Gasteiger partial charge in [0.1, 0.15) is 0 Å². The van der Waals surface area contributed by atoms with Crippen LogP contribution in [0.15, 0.2) is 0 Å². The van der Waals surface area contributed by atoms with Gasteiger partial charge >= 0.3 is 226 Å². The van der Waals surface area contributed by atoms with E-state index in [-0.39, 0.29) is 0 Å². The molecule has 0 fully saturated rings. The molecule has 210 valence electrons. The summed E-state index contributed by atoms with van der Waals surface area (Å²) in [6.45, 7) is 0. The summed E-state index contributed by atoms with van der Waals surface area (Å²) in [6, 6.07) is 0. The molecule has 1 rings (SSSR count). The Bertz CT molecular complexity index is 704. The number of halogens is 18. The average molecular weight is 960 g/mol. The molecule has 0 radical (unpaired) electrons. The van der Waals surface area contributed by atoms with E-state index in [0.717, 1.165) is 0 Å². The molecule has 36 heavy (non-hydrogen) atoms. The summed E-state index contributed by atoms with van der Waals surface area (Å²) in [5, 5.41) is -34.0. The predicted octanol–water partition coefficient (Wildman–Crippen LogP) is 0.782. The van der Waals surface area contributed by atoms with Gasteiger partial charge in [-0.1, -0.05) is 0 Å². The van der Waals surface area contributed by atoms with Gasteiger partial charge in [0.05, 0.1) is 0 Å². The maximum absolute atomic E-state index is 13.1. The quantitative estimate of drug-likeness (QED) is 0.293. The van der Waals surface area contributed by atoms with Gasteiger partial charge < -0.3 is 0 Å². The fraction of sp³-hybridized carbons (Fsp3) is 0.500. The van der Waals surface area contributed by atoms with Crippen molar-refractivity contribution >= 4 is 117 Å². The Morgan fingerprint density at radius 3 is 0.361 bits per heavy atom. The van der Waals surface area contributed by atoms with Crippen LogP contribution in [0.2, 0.25) is 0 Å². The third-order valence-corrected chi connectivity index (χ3v) is 17.1. The van der Waals surface area contributed by atoms with Gasteiger partial charge in [-0.25, -0.2) is 0 Å². The van der Waals surface area contributed by atoms with Gasteiger partial charge in [-0.15, -0.1) is 0 Å². The molecule has 0 saturated heterocycles. The van der Waals surface area contributed by atoms with Crippen molar-refractivity contribution in [1.82, 2.24) is 0 Å². The number of hydrogen-bond donors (Lipinski definition) is 0. The standard InChI is InChI=1S/C12F18Se6/c13-7(14,15)31-1-2(32-8(16,17)18)4(34-10(22,23)24)6(36-12(28,29)30)5(35-11(25,26)27)3(1)33-9(19,20)21. The molecular formula is C12F18Se6. The zero-order chi connectivity index (χ0) is 28.7. The minimum atomic E-state index is -5.67. The Morgan fingerprint density at radius 2 is 0.306 bits per heavy atom. The first-order chi connectivity index (χ1) is 15.6. The van der Waals surface area contributed by atoms with Gasteiger partial charge in [-0.2, -0.15) is 0 Å². The second-order valence-corrected chi connectivity index (χ2v) is 18.8. The average Bonchev–Trinajstić information content (AvgIpc) is 2.51. The molecule has 0 bridgehead atoms. The molecule has 0 N–H and O–H groups in total. The predicted molar refractivity (Wildman–Crippen MR) is 95.1 cm³/mol. The third-order valence-electron chi connectivity index (χ3n) is 2.54. The number of benzene rings is 1. The molecular weight excluding hydrogens is 960 g/mol. The van der Waals surface area contributed by atoms with Crippen molar-refractivity contribution in [3.8, 4) is 0 Å². The van der Waals surface area contributed by atoms with E-state index < -0.39 is 147 Å². The molecule has 0 spiro atoms. The molecule has 0 aliphatic carbocycles. The molecule has 24 heteroatoms. The maximum atomic E-state index is 13.1. The second kappa shape index (κ2) is 11.9. The molecule has 1 aromatic rings. The van der Waals surface area contributed by atoms with Crippen LogP contribution < -0.4 is 26.8 Å². The van der Waals surface area contributed by atoms with Crippen LogP contribution in [-0.2, 0) is 0 Å². The third kappa shape index (κ3) is 13.4. The second-order valence-electron chi connectivity index (χ2n) is 5.26. The molecule has 0 aliphatic rings. The topological polar surface area (TPSA) is 0 Å². The van der Waals surface area contributed by atoms with Gasteiger partial charge in [0.15, 0.2) is 0 Å². The van der Waals surface area contributed by atoms with E-state index in [1.807, 2.05) is 0 Å². The van der Waals surface area contributed by atoms with E-state index in [9.17, 15) is 79.0 Å². The van der Waals surface area contributed by atoms with Crippen molar-refractivity contribution < 1.29 is 79.0 Å². The van der Waals surface area contributed by atoms with Crippen LogP contribution in [0.5, 0.6) is 0 Å².